The molecule has 0 radical (unpaired) electrons. The molecule has 1 aliphatic rings. The van der Waals surface area contributed by atoms with Gasteiger partial charge in [-0.15, -0.1) is 5.10 Å². The van der Waals surface area contributed by atoms with Gasteiger partial charge in [0.1, 0.15) is 5.52 Å². The molecule has 2 heterocycles. The smallest absolute Gasteiger partial charge is 0.243 e. The minimum atomic E-state index is -3.65. The highest BCUT2D eigenvalue weighted by Crippen LogP contribution is 2.26. The summed E-state index contributed by atoms with van der Waals surface area (Å²) >= 11 is 0. The van der Waals surface area contributed by atoms with E-state index in [1.165, 1.54) is 4.31 Å². The Morgan fingerprint density at radius 3 is 2.47 bits per heavy atom. The lowest BCUT2D eigenvalue weighted by molar-refractivity contribution is -0.126. The minimum absolute atomic E-state index is 0.0253. The van der Waals surface area contributed by atoms with E-state index < -0.39 is 10.0 Å². The molecule has 182 valence electrons. The van der Waals surface area contributed by atoms with Crippen molar-refractivity contribution in [1.82, 2.24) is 24.6 Å². The van der Waals surface area contributed by atoms with Crippen LogP contribution < -0.4 is 10.2 Å². The molecule has 3 aromatic rings. The first-order valence-corrected chi connectivity index (χ1v) is 13.1. The molecule has 0 atom stereocenters. The van der Waals surface area contributed by atoms with Gasteiger partial charge in [0.2, 0.25) is 15.9 Å². The molecule has 1 aliphatic heterocycles. The van der Waals surface area contributed by atoms with Crippen LogP contribution in [0.2, 0.25) is 0 Å². The molecular formula is C24H32N6O3S. The molecule has 4 rings (SSSR count). The number of sulfonamides is 1. The summed E-state index contributed by atoms with van der Waals surface area (Å²) in [6.45, 7) is 3.89. The number of hydrogen-bond donors (Lipinski definition) is 1. The predicted molar refractivity (Wildman–Crippen MR) is 132 cm³/mol. The average molecular weight is 485 g/mol. The number of aryl methyl sites for hydroxylation is 1. The van der Waals surface area contributed by atoms with Gasteiger partial charge in [0.05, 0.1) is 10.4 Å². The van der Waals surface area contributed by atoms with E-state index in [0.717, 1.165) is 29.7 Å². The van der Waals surface area contributed by atoms with Crippen LogP contribution in [0.1, 0.15) is 31.7 Å². The lowest BCUT2D eigenvalue weighted by atomic mass is 9.97. The first-order valence-electron chi connectivity index (χ1n) is 11.7. The number of aromatic nitrogens is 3. The standard InChI is InChI=1S/C24H32N6O3S/c1-4-13-30-23-10-9-21(16-22(23)26-27-30)34(32,33)29-14-11-19(12-15-29)24(31)25-17-18-5-7-20(8-6-18)28(2)3/h5-10,16,19H,4,11-15,17H2,1-3H3,(H,25,31). The van der Waals surface area contributed by atoms with E-state index in [0.29, 0.717) is 38.0 Å². The maximum Gasteiger partial charge on any atom is 0.243 e. The van der Waals surface area contributed by atoms with Crippen molar-refractivity contribution in [2.75, 3.05) is 32.1 Å². The molecule has 1 amide bonds. The highest BCUT2D eigenvalue weighted by molar-refractivity contribution is 7.89. The molecule has 1 N–H and O–H groups in total. The molecule has 0 bridgehead atoms. The Kier molecular flexibility index (Phi) is 7.18. The molecule has 0 unspecified atom stereocenters. The van der Waals surface area contributed by atoms with Crippen molar-refractivity contribution >= 4 is 32.7 Å². The van der Waals surface area contributed by atoms with Gasteiger partial charge in [-0.25, -0.2) is 13.1 Å². The number of nitrogens with one attached hydrogen (secondary N) is 1. The highest BCUT2D eigenvalue weighted by Gasteiger charge is 2.32. The monoisotopic (exact) mass is 484 g/mol. The Balaban J connectivity index is 1.34. The number of carbonyl (C=O) groups excluding carboxylic acids is 1. The van der Waals surface area contributed by atoms with Gasteiger partial charge >= 0.3 is 0 Å². The van der Waals surface area contributed by atoms with Crippen molar-refractivity contribution in [3.05, 3.63) is 48.0 Å². The van der Waals surface area contributed by atoms with Crippen LogP contribution in [0, 0.1) is 5.92 Å². The number of amides is 1. The van der Waals surface area contributed by atoms with E-state index in [1.807, 2.05) is 43.3 Å². The molecular weight excluding hydrogens is 452 g/mol. The van der Waals surface area contributed by atoms with Gasteiger partial charge in [0, 0.05) is 51.9 Å². The fourth-order valence-electron chi connectivity index (χ4n) is 4.24. The van der Waals surface area contributed by atoms with Crippen LogP contribution in [0.3, 0.4) is 0 Å². The predicted octanol–water partition coefficient (Wildman–Crippen LogP) is 2.62. The van der Waals surface area contributed by atoms with Gasteiger partial charge in [0.25, 0.3) is 0 Å². The second-order valence-electron chi connectivity index (χ2n) is 8.92. The van der Waals surface area contributed by atoms with E-state index >= 15 is 0 Å². The first kappa shape index (κ1) is 24.2. The van der Waals surface area contributed by atoms with Crippen LogP contribution in [0.4, 0.5) is 5.69 Å². The zero-order valence-electron chi connectivity index (χ0n) is 19.9. The molecule has 2 aromatic carbocycles. The molecule has 34 heavy (non-hydrogen) atoms. The maximum absolute atomic E-state index is 13.2. The summed E-state index contributed by atoms with van der Waals surface area (Å²) in [6, 6.07) is 13.0. The molecule has 9 nitrogen and oxygen atoms in total. The normalized spacial score (nSPS) is 15.5. The van der Waals surface area contributed by atoms with Crippen molar-refractivity contribution in [2.24, 2.45) is 5.92 Å². The first-order chi connectivity index (χ1) is 16.3. The van der Waals surface area contributed by atoms with Crippen LogP contribution >= 0.6 is 0 Å². The van der Waals surface area contributed by atoms with Crippen molar-refractivity contribution < 1.29 is 13.2 Å². The number of piperidine rings is 1. The zero-order valence-corrected chi connectivity index (χ0v) is 20.8. The molecule has 10 heteroatoms. The Labute approximate surface area is 200 Å². The van der Waals surface area contributed by atoms with Crippen LogP contribution in [0.5, 0.6) is 0 Å². The Morgan fingerprint density at radius 1 is 1.12 bits per heavy atom. The number of fused-ring (bicyclic) bond motifs is 1. The third-order valence-corrected chi connectivity index (χ3v) is 8.20. The summed E-state index contributed by atoms with van der Waals surface area (Å²) in [6.07, 6.45) is 1.92. The molecule has 0 aliphatic carbocycles. The third-order valence-electron chi connectivity index (χ3n) is 6.30. The number of hydrogen-bond acceptors (Lipinski definition) is 6. The van der Waals surface area contributed by atoms with Crippen LogP contribution in [-0.4, -0.2) is 60.8 Å². The minimum Gasteiger partial charge on any atom is -0.378 e. The average Bonchev–Trinajstić information content (AvgIpc) is 3.25. The summed E-state index contributed by atoms with van der Waals surface area (Å²) < 4.78 is 29.6. The van der Waals surface area contributed by atoms with Crippen molar-refractivity contribution in [2.45, 2.75) is 44.2 Å². The molecule has 0 saturated carbocycles. The lowest BCUT2D eigenvalue weighted by Crippen LogP contribution is -2.42. The number of benzene rings is 2. The Bertz CT molecular complexity index is 1250. The lowest BCUT2D eigenvalue weighted by Gasteiger charge is -2.30. The van der Waals surface area contributed by atoms with Crippen LogP contribution in [0.25, 0.3) is 11.0 Å². The SMILES string of the molecule is CCCn1nnc2cc(S(=O)(=O)N3CCC(C(=O)NCc4ccc(N(C)C)cc4)CC3)ccc21. The summed E-state index contributed by atoms with van der Waals surface area (Å²) in [5, 5.41) is 11.2. The number of nitrogens with zero attached hydrogens (tertiary/aromatic N) is 5. The molecule has 1 fully saturated rings. The van der Waals surface area contributed by atoms with Crippen molar-refractivity contribution in [3.63, 3.8) is 0 Å². The summed E-state index contributed by atoms with van der Waals surface area (Å²) in [5.41, 5.74) is 3.54. The number of carbonyl (C=O) groups is 1. The summed E-state index contributed by atoms with van der Waals surface area (Å²) in [7, 11) is 0.320. The topological polar surface area (TPSA) is 100 Å². The van der Waals surface area contributed by atoms with E-state index in [2.05, 4.69) is 22.6 Å². The van der Waals surface area contributed by atoms with Gasteiger partial charge in [-0.1, -0.05) is 24.3 Å². The summed E-state index contributed by atoms with van der Waals surface area (Å²) in [5.74, 6) is -0.216. The van der Waals surface area contributed by atoms with Gasteiger partial charge in [-0.2, -0.15) is 4.31 Å². The maximum atomic E-state index is 13.2. The third kappa shape index (κ3) is 5.07. The molecule has 0 spiro atoms. The Hall–Kier alpha value is -2.98. The van der Waals surface area contributed by atoms with Crippen LogP contribution in [0.15, 0.2) is 47.4 Å². The van der Waals surface area contributed by atoms with Crippen molar-refractivity contribution in [1.29, 1.82) is 0 Å². The second-order valence-corrected chi connectivity index (χ2v) is 10.9. The van der Waals surface area contributed by atoms with Gasteiger partial charge in [0.15, 0.2) is 0 Å². The van der Waals surface area contributed by atoms with Gasteiger partial charge < -0.3 is 10.2 Å². The quantitative estimate of drug-likeness (QED) is 0.528. The van der Waals surface area contributed by atoms with E-state index in [1.54, 1.807) is 22.9 Å². The number of anilines is 1. The largest absolute Gasteiger partial charge is 0.378 e. The fourth-order valence-corrected chi connectivity index (χ4v) is 5.73. The van der Waals surface area contributed by atoms with E-state index in [-0.39, 0.29) is 16.7 Å². The van der Waals surface area contributed by atoms with Crippen molar-refractivity contribution in [3.8, 4) is 0 Å². The van der Waals surface area contributed by atoms with E-state index in [4.69, 9.17) is 0 Å². The molecule has 1 aromatic heterocycles. The number of rotatable bonds is 8. The summed E-state index contributed by atoms with van der Waals surface area (Å²) in [4.78, 5) is 14.9. The Morgan fingerprint density at radius 2 is 1.82 bits per heavy atom. The van der Waals surface area contributed by atoms with Gasteiger partial charge in [-0.3, -0.25) is 4.79 Å². The highest BCUT2D eigenvalue weighted by atomic mass is 32.2. The van der Waals surface area contributed by atoms with Gasteiger partial charge in [-0.05, 0) is 55.2 Å². The molecule has 1 saturated heterocycles. The zero-order chi connectivity index (χ0) is 24.3. The fraction of sp³-hybridized carbons (Fsp3) is 0.458. The second kappa shape index (κ2) is 10.1. The van der Waals surface area contributed by atoms with Crippen LogP contribution in [-0.2, 0) is 27.9 Å². The van der Waals surface area contributed by atoms with E-state index in [9.17, 15) is 13.2 Å².